The van der Waals surface area contributed by atoms with Crippen LogP contribution in [0.1, 0.15) is 76.7 Å². The highest BCUT2D eigenvalue weighted by Gasteiger charge is 1.95. The monoisotopic (exact) mass is 290 g/mol. The minimum absolute atomic E-state index is 0.109. The lowest BCUT2D eigenvalue weighted by Gasteiger charge is -2.01. The summed E-state index contributed by atoms with van der Waals surface area (Å²) in [6.07, 6.45) is 17.3. The van der Waals surface area contributed by atoms with Gasteiger partial charge in [0.15, 0.2) is 0 Å². The van der Waals surface area contributed by atoms with Gasteiger partial charge in [-0.05, 0) is 30.5 Å². The Morgan fingerprint density at radius 3 is 1.86 bits per heavy atom. The molecule has 2 heteroatoms. The van der Waals surface area contributed by atoms with Crippen LogP contribution in [0.5, 0.6) is 11.5 Å². The molecule has 1 aromatic rings. The number of hydrogen-bond acceptors (Lipinski definition) is 2. The molecular weight excluding hydrogens is 260 g/mol. The zero-order valence-corrected chi connectivity index (χ0v) is 13.4. The molecule has 0 amide bonds. The maximum atomic E-state index is 9.38. The number of hydrogen-bond donors (Lipinski definition) is 2. The summed E-state index contributed by atoms with van der Waals surface area (Å²) >= 11 is 0. The molecule has 0 aromatic heterocycles. The fourth-order valence-electron chi connectivity index (χ4n) is 2.51. The Morgan fingerprint density at radius 1 is 0.762 bits per heavy atom. The predicted molar refractivity (Wildman–Crippen MR) is 90.6 cm³/mol. The normalized spacial score (nSPS) is 11.3. The molecule has 2 N–H and O–H groups in total. The van der Waals surface area contributed by atoms with E-state index in [1.807, 2.05) is 6.08 Å². The first-order valence-corrected chi connectivity index (χ1v) is 8.42. The van der Waals surface area contributed by atoms with Crippen LogP contribution in [0.3, 0.4) is 0 Å². The number of unbranched alkanes of at least 4 members (excludes halogenated alkanes) is 9. The molecule has 0 heterocycles. The van der Waals surface area contributed by atoms with Crippen LogP contribution < -0.4 is 0 Å². The van der Waals surface area contributed by atoms with E-state index in [4.69, 9.17) is 0 Å². The van der Waals surface area contributed by atoms with E-state index in [-0.39, 0.29) is 11.5 Å². The highest BCUT2D eigenvalue weighted by atomic mass is 16.3. The summed E-state index contributed by atoms with van der Waals surface area (Å²) in [7, 11) is 0. The number of allylic oxidation sites excluding steroid dienone is 1. The first-order chi connectivity index (χ1) is 10.2. The second-order valence-corrected chi connectivity index (χ2v) is 5.80. The Bertz CT molecular complexity index is 390. The summed E-state index contributed by atoms with van der Waals surface area (Å²) in [4.78, 5) is 0. The zero-order chi connectivity index (χ0) is 15.3. The summed E-state index contributed by atoms with van der Waals surface area (Å²) in [6, 6.07) is 4.66. The van der Waals surface area contributed by atoms with Crippen molar-refractivity contribution >= 4 is 6.08 Å². The van der Waals surface area contributed by atoms with E-state index in [1.54, 1.807) is 12.1 Å². The van der Waals surface area contributed by atoms with Crippen molar-refractivity contribution in [3.63, 3.8) is 0 Å². The molecule has 1 aromatic carbocycles. The molecule has 0 bridgehead atoms. The minimum Gasteiger partial charge on any atom is -0.508 e. The number of aromatic hydroxyl groups is 2. The molecular formula is C19H30O2. The van der Waals surface area contributed by atoms with Crippen molar-refractivity contribution in [2.45, 2.75) is 71.1 Å². The van der Waals surface area contributed by atoms with Crippen molar-refractivity contribution in [2.75, 3.05) is 0 Å². The van der Waals surface area contributed by atoms with Crippen molar-refractivity contribution in [3.8, 4) is 11.5 Å². The molecule has 0 unspecified atom stereocenters. The molecule has 118 valence electrons. The van der Waals surface area contributed by atoms with Gasteiger partial charge in [0, 0.05) is 6.07 Å². The predicted octanol–water partition coefficient (Wildman–Crippen LogP) is 6.03. The van der Waals surface area contributed by atoms with E-state index < -0.39 is 0 Å². The molecule has 2 nitrogen and oxygen atoms in total. The van der Waals surface area contributed by atoms with Gasteiger partial charge in [-0.15, -0.1) is 0 Å². The third kappa shape index (κ3) is 9.17. The summed E-state index contributed by atoms with van der Waals surface area (Å²) in [5.41, 5.74) is 0.850. The Hall–Kier alpha value is -1.44. The summed E-state index contributed by atoms with van der Waals surface area (Å²) < 4.78 is 0. The molecule has 0 radical (unpaired) electrons. The number of rotatable bonds is 11. The molecule has 0 saturated heterocycles. The molecule has 0 aliphatic heterocycles. The number of phenols is 2. The minimum atomic E-state index is 0.109. The molecule has 0 spiro atoms. The standard InChI is InChI=1S/C19H30O2/c1-2-3-4-5-6-7-8-9-10-11-12-13-17-14-18(20)16-19(21)15-17/h12-16,20-21H,2-11H2,1H3. The molecule has 0 aliphatic carbocycles. The second kappa shape index (κ2) is 11.2. The smallest absolute Gasteiger partial charge is 0.119 e. The van der Waals surface area contributed by atoms with Gasteiger partial charge < -0.3 is 10.2 Å². The van der Waals surface area contributed by atoms with E-state index in [0.29, 0.717) is 0 Å². The average Bonchev–Trinajstić information content (AvgIpc) is 2.44. The van der Waals surface area contributed by atoms with Gasteiger partial charge in [-0.3, -0.25) is 0 Å². The molecule has 0 atom stereocenters. The molecule has 21 heavy (non-hydrogen) atoms. The lowest BCUT2D eigenvalue weighted by atomic mass is 10.1. The van der Waals surface area contributed by atoms with Crippen LogP contribution in [0.2, 0.25) is 0 Å². The maximum absolute atomic E-state index is 9.38. The fourth-order valence-corrected chi connectivity index (χ4v) is 2.51. The molecule has 0 fully saturated rings. The molecule has 0 saturated carbocycles. The lowest BCUT2D eigenvalue weighted by molar-refractivity contribution is 0.450. The Kier molecular flexibility index (Phi) is 9.43. The second-order valence-electron chi connectivity index (χ2n) is 5.80. The third-order valence-corrected chi connectivity index (χ3v) is 3.71. The molecule has 1 rings (SSSR count). The van der Waals surface area contributed by atoms with Crippen molar-refractivity contribution in [3.05, 3.63) is 29.8 Å². The van der Waals surface area contributed by atoms with E-state index >= 15 is 0 Å². The van der Waals surface area contributed by atoms with Gasteiger partial charge in [0.25, 0.3) is 0 Å². The number of phenolic OH excluding ortho intramolecular Hbond substituents is 2. The third-order valence-electron chi connectivity index (χ3n) is 3.71. The highest BCUT2D eigenvalue weighted by molar-refractivity contribution is 5.54. The first-order valence-electron chi connectivity index (χ1n) is 8.42. The first kappa shape index (κ1) is 17.6. The lowest BCUT2D eigenvalue weighted by Crippen LogP contribution is -1.80. The van der Waals surface area contributed by atoms with Gasteiger partial charge in [0.05, 0.1) is 0 Å². The highest BCUT2D eigenvalue weighted by Crippen LogP contribution is 2.21. The largest absolute Gasteiger partial charge is 0.508 e. The van der Waals surface area contributed by atoms with Crippen LogP contribution in [0, 0.1) is 0 Å². The average molecular weight is 290 g/mol. The van der Waals surface area contributed by atoms with Crippen LogP contribution in [-0.2, 0) is 0 Å². The molecule has 0 aliphatic rings. The maximum Gasteiger partial charge on any atom is 0.119 e. The van der Waals surface area contributed by atoms with Crippen molar-refractivity contribution in [1.29, 1.82) is 0 Å². The van der Waals surface area contributed by atoms with E-state index in [9.17, 15) is 10.2 Å². The zero-order valence-electron chi connectivity index (χ0n) is 13.4. The summed E-state index contributed by atoms with van der Waals surface area (Å²) in [5, 5.41) is 18.8. The Labute approximate surface area is 129 Å². The van der Waals surface area contributed by atoms with Crippen LogP contribution in [-0.4, -0.2) is 10.2 Å². The fraction of sp³-hybridized carbons (Fsp3) is 0.579. The SMILES string of the molecule is CCCCCCCCCCCC=Cc1cc(O)cc(O)c1. The van der Waals surface area contributed by atoms with E-state index in [2.05, 4.69) is 13.0 Å². The van der Waals surface area contributed by atoms with Crippen LogP contribution in [0.4, 0.5) is 0 Å². The van der Waals surface area contributed by atoms with Crippen molar-refractivity contribution < 1.29 is 10.2 Å². The number of benzene rings is 1. The Morgan fingerprint density at radius 2 is 1.29 bits per heavy atom. The summed E-state index contributed by atoms with van der Waals surface area (Å²) in [5.74, 6) is 0.218. The van der Waals surface area contributed by atoms with Gasteiger partial charge >= 0.3 is 0 Å². The van der Waals surface area contributed by atoms with Crippen molar-refractivity contribution in [1.82, 2.24) is 0 Å². The van der Waals surface area contributed by atoms with Crippen LogP contribution >= 0.6 is 0 Å². The van der Waals surface area contributed by atoms with Crippen molar-refractivity contribution in [2.24, 2.45) is 0 Å². The van der Waals surface area contributed by atoms with E-state index in [0.717, 1.165) is 12.0 Å². The van der Waals surface area contributed by atoms with Crippen LogP contribution in [0.15, 0.2) is 24.3 Å². The topological polar surface area (TPSA) is 40.5 Å². The van der Waals surface area contributed by atoms with Gasteiger partial charge in [-0.25, -0.2) is 0 Å². The van der Waals surface area contributed by atoms with Gasteiger partial charge in [0.1, 0.15) is 11.5 Å². The van der Waals surface area contributed by atoms with Gasteiger partial charge in [-0.1, -0.05) is 70.4 Å². The summed E-state index contributed by atoms with van der Waals surface area (Å²) in [6.45, 7) is 2.26. The van der Waals surface area contributed by atoms with E-state index in [1.165, 1.54) is 63.9 Å². The van der Waals surface area contributed by atoms with Gasteiger partial charge in [-0.2, -0.15) is 0 Å². The van der Waals surface area contributed by atoms with Crippen LogP contribution in [0.25, 0.3) is 6.08 Å². The quantitative estimate of drug-likeness (QED) is 0.488. The Balaban J connectivity index is 2.02. The van der Waals surface area contributed by atoms with Gasteiger partial charge in [0.2, 0.25) is 0 Å².